The minimum Gasteiger partial charge on any atom is -0.308 e. The van der Waals surface area contributed by atoms with Crippen molar-refractivity contribution in [1.82, 2.24) is 24.5 Å². The van der Waals surface area contributed by atoms with Gasteiger partial charge in [0.25, 0.3) is 0 Å². The number of fused-ring (bicyclic) bond motifs is 7. The van der Waals surface area contributed by atoms with Gasteiger partial charge in [-0.3, -0.25) is 4.98 Å². The average Bonchev–Trinajstić information content (AvgIpc) is 3.62. The van der Waals surface area contributed by atoms with Crippen molar-refractivity contribution in [2.75, 3.05) is 0 Å². The SMILES string of the molecule is CC1(C)c2ccccc2-c2cc3c4ccccc4n(-c4ccc(-c5nc(-c6ccccc6)nc(-c6ccc7ccccc7c6)n5)nc4)c3cc21. The van der Waals surface area contributed by atoms with Gasteiger partial charge in [0.2, 0.25) is 0 Å². The topological polar surface area (TPSA) is 56.5 Å². The molecule has 236 valence electrons. The molecular formula is C45H31N5. The number of aromatic nitrogens is 5. The summed E-state index contributed by atoms with van der Waals surface area (Å²) in [5, 5.41) is 4.77. The quantitative estimate of drug-likeness (QED) is 0.192. The van der Waals surface area contributed by atoms with Crippen molar-refractivity contribution < 1.29 is 0 Å². The zero-order valence-corrected chi connectivity index (χ0v) is 27.7. The highest BCUT2D eigenvalue weighted by molar-refractivity contribution is 6.11. The third kappa shape index (κ3) is 4.33. The van der Waals surface area contributed by atoms with Crippen LogP contribution in [0.5, 0.6) is 0 Å². The normalized spacial score (nSPS) is 13.2. The number of para-hydroxylation sites is 1. The highest BCUT2D eigenvalue weighted by Gasteiger charge is 2.36. The zero-order valence-electron chi connectivity index (χ0n) is 27.7. The molecule has 0 radical (unpaired) electrons. The Labute approximate surface area is 289 Å². The molecule has 0 spiro atoms. The molecule has 6 aromatic carbocycles. The van der Waals surface area contributed by atoms with Gasteiger partial charge in [-0.25, -0.2) is 15.0 Å². The summed E-state index contributed by atoms with van der Waals surface area (Å²) in [6, 6.07) is 51.1. The van der Waals surface area contributed by atoms with Crippen LogP contribution in [0.3, 0.4) is 0 Å². The molecule has 0 bridgehead atoms. The maximum atomic E-state index is 5.00. The van der Waals surface area contributed by atoms with E-state index in [-0.39, 0.29) is 5.41 Å². The van der Waals surface area contributed by atoms with Crippen molar-refractivity contribution in [3.05, 3.63) is 163 Å². The molecule has 0 saturated heterocycles. The Balaban J connectivity index is 1.12. The van der Waals surface area contributed by atoms with E-state index in [0.717, 1.165) is 27.7 Å². The van der Waals surface area contributed by atoms with E-state index in [2.05, 4.69) is 128 Å². The first-order valence-electron chi connectivity index (χ1n) is 17.0. The Bertz CT molecular complexity index is 2780. The monoisotopic (exact) mass is 641 g/mol. The molecule has 0 amide bonds. The third-order valence-corrected chi connectivity index (χ3v) is 10.3. The van der Waals surface area contributed by atoms with Gasteiger partial charge < -0.3 is 4.57 Å². The number of hydrogen-bond donors (Lipinski definition) is 0. The number of hydrogen-bond acceptors (Lipinski definition) is 4. The Morgan fingerprint density at radius 3 is 2.04 bits per heavy atom. The molecule has 3 heterocycles. The minimum atomic E-state index is -0.0958. The van der Waals surface area contributed by atoms with Crippen LogP contribution < -0.4 is 0 Å². The summed E-state index contributed by atoms with van der Waals surface area (Å²) in [4.78, 5) is 19.9. The molecule has 5 nitrogen and oxygen atoms in total. The number of pyridine rings is 1. The molecule has 1 aliphatic carbocycles. The summed E-state index contributed by atoms with van der Waals surface area (Å²) < 4.78 is 2.34. The molecule has 3 aromatic heterocycles. The lowest BCUT2D eigenvalue weighted by Crippen LogP contribution is -2.15. The summed E-state index contributed by atoms with van der Waals surface area (Å²) in [5.41, 5.74) is 11.1. The highest BCUT2D eigenvalue weighted by atomic mass is 15.1. The summed E-state index contributed by atoms with van der Waals surface area (Å²) >= 11 is 0. The van der Waals surface area contributed by atoms with E-state index >= 15 is 0 Å². The van der Waals surface area contributed by atoms with Gasteiger partial charge in [0.1, 0.15) is 5.69 Å². The van der Waals surface area contributed by atoms with Gasteiger partial charge in [0, 0.05) is 27.3 Å². The first-order valence-corrected chi connectivity index (χ1v) is 17.0. The Morgan fingerprint density at radius 1 is 0.480 bits per heavy atom. The molecule has 9 aromatic rings. The van der Waals surface area contributed by atoms with Crippen molar-refractivity contribution in [2.24, 2.45) is 0 Å². The van der Waals surface area contributed by atoms with Gasteiger partial charge in [-0.1, -0.05) is 123 Å². The van der Waals surface area contributed by atoms with Crippen LogP contribution in [0.2, 0.25) is 0 Å². The van der Waals surface area contributed by atoms with Gasteiger partial charge in [0.05, 0.1) is 22.9 Å². The van der Waals surface area contributed by atoms with Crippen LogP contribution >= 0.6 is 0 Å². The van der Waals surface area contributed by atoms with E-state index in [4.69, 9.17) is 19.9 Å². The van der Waals surface area contributed by atoms with E-state index in [9.17, 15) is 0 Å². The van der Waals surface area contributed by atoms with Gasteiger partial charge in [0.15, 0.2) is 17.5 Å². The second-order valence-electron chi connectivity index (χ2n) is 13.6. The van der Waals surface area contributed by atoms with Crippen LogP contribution in [0.15, 0.2) is 152 Å². The van der Waals surface area contributed by atoms with E-state index in [0.29, 0.717) is 23.2 Å². The average molecular weight is 642 g/mol. The van der Waals surface area contributed by atoms with Crippen molar-refractivity contribution >= 4 is 32.6 Å². The Morgan fingerprint density at radius 2 is 1.20 bits per heavy atom. The molecule has 50 heavy (non-hydrogen) atoms. The lowest BCUT2D eigenvalue weighted by Gasteiger charge is -2.21. The first-order chi connectivity index (χ1) is 24.5. The largest absolute Gasteiger partial charge is 0.308 e. The van der Waals surface area contributed by atoms with Crippen molar-refractivity contribution in [3.63, 3.8) is 0 Å². The fourth-order valence-electron chi connectivity index (χ4n) is 7.76. The highest BCUT2D eigenvalue weighted by Crippen LogP contribution is 2.50. The summed E-state index contributed by atoms with van der Waals surface area (Å²) in [7, 11) is 0. The molecule has 0 fully saturated rings. The predicted molar refractivity (Wildman–Crippen MR) is 203 cm³/mol. The second-order valence-corrected chi connectivity index (χ2v) is 13.6. The van der Waals surface area contributed by atoms with E-state index in [1.807, 2.05) is 42.6 Å². The number of nitrogens with zero attached hydrogens (tertiary/aromatic N) is 5. The van der Waals surface area contributed by atoms with Crippen LogP contribution in [0.25, 0.3) is 83.7 Å². The fraction of sp³-hybridized carbons (Fsp3) is 0.0667. The molecule has 0 saturated carbocycles. The van der Waals surface area contributed by atoms with Crippen LogP contribution in [-0.4, -0.2) is 24.5 Å². The van der Waals surface area contributed by atoms with Gasteiger partial charge in [-0.2, -0.15) is 0 Å². The van der Waals surface area contributed by atoms with E-state index in [1.165, 1.54) is 43.9 Å². The number of rotatable bonds is 4. The van der Waals surface area contributed by atoms with Crippen molar-refractivity contribution in [3.8, 4) is 51.1 Å². The second kappa shape index (κ2) is 10.8. The lowest BCUT2D eigenvalue weighted by atomic mass is 9.82. The third-order valence-electron chi connectivity index (χ3n) is 10.3. The first kappa shape index (κ1) is 28.5. The van der Waals surface area contributed by atoms with E-state index < -0.39 is 0 Å². The predicted octanol–water partition coefficient (Wildman–Crippen LogP) is 10.8. The minimum absolute atomic E-state index is 0.0958. The van der Waals surface area contributed by atoms with Gasteiger partial charge in [-0.15, -0.1) is 0 Å². The fourth-order valence-corrected chi connectivity index (χ4v) is 7.76. The van der Waals surface area contributed by atoms with Gasteiger partial charge >= 0.3 is 0 Å². The maximum absolute atomic E-state index is 5.00. The molecule has 0 N–H and O–H groups in total. The maximum Gasteiger partial charge on any atom is 0.182 e. The van der Waals surface area contributed by atoms with Crippen molar-refractivity contribution in [2.45, 2.75) is 19.3 Å². The Kier molecular flexibility index (Phi) is 6.15. The van der Waals surface area contributed by atoms with Crippen LogP contribution in [-0.2, 0) is 5.41 Å². The molecular weight excluding hydrogens is 611 g/mol. The summed E-state index contributed by atoms with van der Waals surface area (Å²) in [6.45, 7) is 4.66. The number of benzene rings is 6. The summed E-state index contributed by atoms with van der Waals surface area (Å²) in [6.07, 6.45) is 1.94. The molecule has 0 aliphatic heterocycles. The van der Waals surface area contributed by atoms with Crippen LogP contribution in [0.1, 0.15) is 25.0 Å². The van der Waals surface area contributed by atoms with Crippen LogP contribution in [0.4, 0.5) is 0 Å². The van der Waals surface area contributed by atoms with E-state index in [1.54, 1.807) is 0 Å². The molecule has 5 heteroatoms. The summed E-state index contributed by atoms with van der Waals surface area (Å²) in [5.74, 6) is 1.77. The molecule has 0 atom stereocenters. The standard InChI is InChI=1S/C45H31N5/c1-45(2)37-18-10-8-16-33(37)35-25-36-34-17-9-11-19-40(34)50(41(36)26-38(35)45)32-22-23-39(46-27-32)44-48-42(29-13-4-3-5-14-29)47-43(49-44)31-21-20-28-12-6-7-15-30(28)24-31/h3-27H,1-2H3. The molecule has 1 aliphatic rings. The van der Waals surface area contributed by atoms with Crippen molar-refractivity contribution in [1.29, 1.82) is 0 Å². The Hall–Kier alpha value is -6.46. The van der Waals surface area contributed by atoms with Gasteiger partial charge in [-0.05, 0) is 69.4 Å². The van der Waals surface area contributed by atoms with Crippen LogP contribution in [0, 0.1) is 0 Å². The molecule has 10 rings (SSSR count). The molecule has 0 unspecified atom stereocenters. The smallest absolute Gasteiger partial charge is 0.182 e. The zero-order chi connectivity index (χ0) is 33.4. The lowest BCUT2D eigenvalue weighted by molar-refractivity contribution is 0.661.